The van der Waals surface area contributed by atoms with E-state index in [1.165, 1.54) is 0 Å². The highest BCUT2D eigenvalue weighted by atomic mass is 32.1. The Kier molecular flexibility index (Phi) is 5.75. The van der Waals surface area contributed by atoms with E-state index < -0.39 is 5.97 Å². The predicted octanol–water partition coefficient (Wildman–Crippen LogP) is 3.02. The highest BCUT2D eigenvalue weighted by molar-refractivity contribution is 7.22. The number of hydrogen-bond acceptors (Lipinski definition) is 7. The summed E-state index contributed by atoms with van der Waals surface area (Å²) < 4.78 is 0.947. The van der Waals surface area contributed by atoms with Crippen LogP contribution >= 0.6 is 11.3 Å². The van der Waals surface area contributed by atoms with Crippen LogP contribution in [0.2, 0.25) is 0 Å². The number of nitrogens with zero attached hydrogens (tertiary/aromatic N) is 4. The number of carbonyl (C=O) groups is 1. The van der Waals surface area contributed by atoms with Gasteiger partial charge in [-0.05, 0) is 37.7 Å². The number of carboxylic acid groups (broad SMARTS) is 1. The van der Waals surface area contributed by atoms with E-state index in [0.717, 1.165) is 65.5 Å². The number of anilines is 1. The molecule has 0 atom stereocenters. The summed E-state index contributed by atoms with van der Waals surface area (Å²) in [5.74, 6) is -0.304. The highest BCUT2D eigenvalue weighted by Crippen LogP contribution is 2.35. The van der Waals surface area contributed by atoms with Crippen molar-refractivity contribution in [1.29, 1.82) is 0 Å². The van der Waals surface area contributed by atoms with Crippen LogP contribution in [-0.2, 0) is 0 Å². The number of rotatable bonds is 6. The molecule has 2 aromatic heterocycles. The van der Waals surface area contributed by atoms with Gasteiger partial charge in [0, 0.05) is 55.6 Å². The Morgan fingerprint density at radius 2 is 2.07 bits per heavy atom. The fourth-order valence-corrected chi connectivity index (χ4v) is 4.68. The molecule has 0 aliphatic carbocycles. The molecule has 1 aliphatic rings. The van der Waals surface area contributed by atoms with Crippen molar-refractivity contribution in [1.82, 2.24) is 19.8 Å². The van der Waals surface area contributed by atoms with E-state index in [4.69, 9.17) is 4.98 Å². The van der Waals surface area contributed by atoms with Crippen molar-refractivity contribution in [3.63, 3.8) is 0 Å². The first-order chi connectivity index (χ1) is 14.0. The first kappa shape index (κ1) is 19.8. The van der Waals surface area contributed by atoms with E-state index in [1.54, 1.807) is 23.5 Å². The molecule has 0 spiro atoms. The Bertz CT molecular complexity index is 1030. The van der Waals surface area contributed by atoms with Crippen molar-refractivity contribution < 1.29 is 9.90 Å². The molecule has 29 heavy (non-hydrogen) atoms. The maximum absolute atomic E-state index is 11.5. The van der Waals surface area contributed by atoms with Crippen LogP contribution in [-0.4, -0.2) is 77.2 Å². The molecule has 0 amide bonds. The molecule has 3 heterocycles. The Balaban J connectivity index is 1.50. The van der Waals surface area contributed by atoms with Gasteiger partial charge < -0.3 is 15.3 Å². The molecule has 7 nitrogen and oxygen atoms in total. The second-order valence-corrected chi connectivity index (χ2v) is 8.51. The lowest BCUT2D eigenvalue weighted by Crippen LogP contribution is -2.45. The molecule has 0 saturated carbocycles. The number of aryl methyl sites for hydroxylation is 1. The minimum Gasteiger partial charge on any atom is -0.478 e. The molecular formula is C21H25N5O2S. The van der Waals surface area contributed by atoms with Crippen LogP contribution < -0.4 is 5.32 Å². The number of fused-ring (bicyclic) bond motifs is 1. The number of hydrogen-bond donors (Lipinski definition) is 2. The number of likely N-dealkylation sites (N-methyl/N-ethyl adjacent to an activating group) is 1. The van der Waals surface area contributed by atoms with Crippen molar-refractivity contribution in [3.8, 4) is 10.6 Å². The van der Waals surface area contributed by atoms with Gasteiger partial charge in [0.1, 0.15) is 0 Å². The number of benzene rings is 1. The van der Waals surface area contributed by atoms with Crippen LogP contribution in [0.1, 0.15) is 15.9 Å². The molecule has 1 fully saturated rings. The average Bonchev–Trinajstić information content (AvgIpc) is 3.14. The maximum atomic E-state index is 11.5. The summed E-state index contributed by atoms with van der Waals surface area (Å²) in [6, 6.07) is 7.29. The maximum Gasteiger partial charge on any atom is 0.336 e. The molecule has 1 aromatic carbocycles. The lowest BCUT2D eigenvalue weighted by atomic mass is 10.1. The zero-order chi connectivity index (χ0) is 20.4. The number of carboxylic acids is 1. The summed E-state index contributed by atoms with van der Waals surface area (Å²) >= 11 is 1.56. The van der Waals surface area contributed by atoms with Crippen LogP contribution in [0.25, 0.3) is 20.7 Å². The summed E-state index contributed by atoms with van der Waals surface area (Å²) in [6.07, 6.45) is 1.82. The standard InChI is InChI=1S/C21H25N5O2S/c1-14-13-23-21(22-6-7-26-10-8-25(2)9-11-26)24-19(14)18-12-16-15(20(27)28)4-3-5-17(16)29-18/h3-5,12-13H,6-11H2,1-2H3,(H,27,28)(H,22,23,24). The number of aromatic carboxylic acids is 1. The van der Waals surface area contributed by atoms with Gasteiger partial charge in [0.25, 0.3) is 0 Å². The zero-order valence-corrected chi connectivity index (χ0v) is 17.5. The molecule has 3 aromatic rings. The van der Waals surface area contributed by atoms with Gasteiger partial charge in [-0.25, -0.2) is 14.8 Å². The van der Waals surface area contributed by atoms with Crippen molar-refractivity contribution in [3.05, 3.63) is 41.6 Å². The number of piperazine rings is 1. The van der Waals surface area contributed by atoms with Gasteiger partial charge >= 0.3 is 5.97 Å². The summed E-state index contributed by atoms with van der Waals surface area (Å²) in [5.41, 5.74) is 2.14. The van der Waals surface area contributed by atoms with Crippen LogP contribution in [0.5, 0.6) is 0 Å². The first-order valence-electron chi connectivity index (χ1n) is 9.76. The smallest absolute Gasteiger partial charge is 0.336 e. The van der Waals surface area contributed by atoms with E-state index in [0.29, 0.717) is 11.5 Å². The summed E-state index contributed by atoms with van der Waals surface area (Å²) in [6.45, 7) is 8.13. The van der Waals surface area contributed by atoms with Crippen LogP contribution in [0.3, 0.4) is 0 Å². The molecule has 2 N–H and O–H groups in total. The van der Waals surface area contributed by atoms with Gasteiger partial charge in [0.15, 0.2) is 0 Å². The van der Waals surface area contributed by atoms with Gasteiger partial charge in [-0.1, -0.05) is 6.07 Å². The molecule has 8 heteroatoms. The lowest BCUT2D eigenvalue weighted by Gasteiger charge is -2.32. The van der Waals surface area contributed by atoms with Crippen molar-refractivity contribution >= 4 is 33.3 Å². The van der Waals surface area contributed by atoms with Crippen LogP contribution in [0.15, 0.2) is 30.5 Å². The predicted molar refractivity (Wildman–Crippen MR) is 117 cm³/mol. The minimum atomic E-state index is -0.911. The number of thiophene rings is 1. The van der Waals surface area contributed by atoms with Gasteiger partial charge in [-0.2, -0.15) is 0 Å². The minimum absolute atomic E-state index is 0.322. The van der Waals surface area contributed by atoms with E-state index in [1.807, 2.05) is 25.3 Å². The molecule has 152 valence electrons. The third-order valence-electron chi connectivity index (χ3n) is 5.30. The third kappa shape index (κ3) is 4.39. The fraction of sp³-hybridized carbons (Fsp3) is 0.381. The van der Waals surface area contributed by atoms with Crippen molar-refractivity contribution in [2.75, 3.05) is 51.6 Å². The second kappa shape index (κ2) is 8.44. The molecule has 4 rings (SSSR count). The molecule has 1 aliphatic heterocycles. The Hall–Kier alpha value is -2.55. The Labute approximate surface area is 174 Å². The van der Waals surface area contributed by atoms with E-state index in [2.05, 4.69) is 27.1 Å². The van der Waals surface area contributed by atoms with Gasteiger partial charge in [0.05, 0.1) is 16.1 Å². The van der Waals surface area contributed by atoms with Gasteiger partial charge in [0.2, 0.25) is 5.95 Å². The van der Waals surface area contributed by atoms with Gasteiger partial charge in [-0.3, -0.25) is 4.90 Å². The number of nitrogens with one attached hydrogen (secondary N) is 1. The summed E-state index contributed by atoms with van der Waals surface area (Å²) in [7, 11) is 2.16. The number of aromatic nitrogens is 2. The van der Waals surface area contributed by atoms with Crippen LogP contribution in [0.4, 0.5) is 5.95 Å². The molecule has 0 unspecified atom stereocenters. The monoisotopic (exact) mass is 411 g/mol. The van der Waals surface area contributed by atoms with E-state index >= 15 is 0 Å². The lowest BCUT2D eigenvalue weighted by molar-refractivity contribution is 0.0699. The topological polar surface area (TPSA) is 81.6 Å². The quantitative estimate of drug-likeness (QED) is 0.645. The molecule has 0 radical (unpaired) electrons. The van der Waals surface area contributed by atoms with Crippen molar-refractivity contribution in [2.24, 2.45) is 0 Å². The zero-order valence-electron chi connectivity index (χ0n) is 16.7. The van der Waals surface area contributed by atoms with Crippen molar-refractivity contribution in [2.45, 2.75) is 6.92 Å². The Morgan fingerprint density at radius 3 is 2.83 bits per heavy atom. The Morgan fingerprint density at radius 1 is 1.28 bits per heavy atom. The third-order valence-corrected chi connectivity index (χ3v) is 6.41. The largest absolute Gasteiger partial charge is 0.478 e. The van der Waals surface area contributed by atoms with E-state index in [9.17, 15) is 9.90 Å². The molecule has 0 bridgehead atoms. The second-order valence-electron chi connectivity index (χ2n) is 7.43. The van der Waals surface area contributed by atoms with E-state index in [-0.39, 0.29) is 0 Å². The molecule has 1 saturated heterocycles. The highest BCUT2D eigenvalue weighted by Gasteiger charge is 2.16. The first-order valence-corrected chi connectivity index (χ1v) is 10.6. The molecular weight excluding hydrogens is 386 g/mol. The average molecular weight is 412 g/mol. The summed E-state index contributed by atoms with van der Waals surface area (Å²) in [5, 5.41) is 13.5. The van der Waals surface area contributed by atoms with Crippen LogP contribution in [0, 0.1) is 6.92 Å². The SMILES string of the molecule is Cc1cnc(NCCN2CCN(C)CC2)nc1-c1cc2c(C(=O)O)cccc2s1. The normalized spacial score (nSPS) is 15.7. The summed E-state index contributed by atoms with van der Waals surface area (Å²) in [4.78, 5) is 26.4. The van der Waals surface area contributed by atoms with Gasteiger partial charge in [-0.15, -0.1) is 11.3 Å². The fourth-order valence-electron chi connectivity index (χ4n) is 3.54.